The molecule has 10 nitrogen and oxygen atoms in total. The van der Waals surface area contributed by atoms with Crippen molar-refractivity contribution >= 4 is 23.4 Å². The predicted molar refractivity (Wildman–Crippen MR) is 174 cm³/mol. The minimum atomic E-state index is -0.845. The van der Waals surface area contributed by atoms with E-state index in [1.165, 1.54) is 12.5 Å². The molecule has 3 N–H and O–H groups in total. The van der Waals surface area contributed by atoms with Crippen LogP contribution in [0.5, 0.6) is 0 Å². The van der Waals surface area contributed by atoms with Crippen molar-refractivity contribution in [2.45, 2.75) is 90.8 Å². The molecule has 4 rings (SSSR count). The van der Waals surface area contributed by atoms with Crippen molar-refractivity contribution in [2.24, 2.45) is 11.8 Å². The van der Waals surface area contributed by atoms with Gasteiger partial charge in [-0.05, 0) is 62.5 Å². The van der Waals surface area contributed by atoms with Gasteiger partial charge in [0.15, 0.2) is 0 Å². The molecule has 11 heteroatoms. The normalized spacial score (nSPS) is 19.0. The first-order valence-electron chi connectivity index (χ1n) is 16.8. The number of carbonyl (C=O) groups is 3. The number of likely N-dealkylation sites (N-methyl/N-ethyl adjacent to an activating group) is 1. The molecule has 0 radical (unpaired) electrons. The van der Waals surface area contributed by atoms with Crippen LogP contribution in [0.25, 0.3) is 0 Å². The Kier molecular flexibility index (Phi) is 12.5. The van der Waals surface area contributed by atoms with Gasteiger partial charge < -0.3 is 25.8 Å². The number of hydrogen-bond acceptors (Lipinski definition) is 6. The Bertz CT molecular complexity index is 1290. The minimum absolute atomic E-state index is 0.0292. The average Bonchev–Trinajstić information content (AvgIpc) is 3.54. The number of anilines is 1. The number of nitrogens with zero attached hydrogens (tertiary/aromatic N) is 4. The Balaban J connectivity index is 1.51. The Morgan fingerprint density at radius 3 is 2.36 bits per heavy atom. The smallest absolute Gasteiger partial charge is 0.270 e. The van der Waals surface area contributed by atoms with Gasteiger partial charge in [-0.3, -0.25) is 19.1 Å². The highest BCUT2D eigenvalue weighted by atomic mass is 19.1. The van der Waals surface area contributed by atoms with E-state index in [2.05, 4.69) is 39.9 Å². The van der Waals surface area contributed by atoms with E-state index in [9.17, 15) is 14.4 Å². The average molecular weight is 626 g/mol. The molecule has 1 aliphatic heterocycles. The second-order valence-corrected chi connectivity index (χ2v) is 12.8. The second-order valence-electron chi connectivity index (χ2n) is 12.8. The highest BCUT2D eigenvalue weighted by Gasteiger charge is 2.35. The van der Waals surface area contributed by atoms with Crippen LogP contribution in [0.4, 0.5) is 10.1 Å². The van der Waals surface area contributed by atoms with Gasteiger partial charge in [-0.15, -0.1) is 0 Å². The Labute approximate surface area is 267 Å². The van der Waals surface area contributed by atoms with Crippen LogP contribution in [0.15, 0.2) is 30.5 Å². The maximum absolute atomic E-state index is 15.7. The standard InChI is InChI=1S/C34H52FN7O3/c1-6-16-36-31(34(45)41-20-18-40(5)19-21-41)24(4)26-13-14-28(27(35)22-26)38-33(44)30(23(3)25-11-9-8-10-12-25)39-32(43)29-15-17-37-42(29)7-2/h13-15,17,22-25,30-31,36H,6-12,16,18-21H2,1-5H3,(H,38,44)(H,39,43)/t23-,24-,30-,31+/m0/s1. The number of benzene rings is 1. The van der Waals surface area contributed by atoms with E-state index in [1.54, 1.807) is 29.1 Å². The molecule has 2 fully saturated rings. The molecule has 45 heavy (non-hydrogen) atoms. The van der Waals surface area contributed by atoms with Crippen LogP contribution < -0.4 is 16.0 Å². The number of nitrogens with one attached hydrogen (secondary N) is 3. The first kappa shape index (κ1) is 34.6. The van der Waals surface area contributed by atoms with E-state index < -0.39 is 23.8 Å². The van der Waals surface area contributed by atoms with E-state index in [0.29, 0.717) is 37.4 Å². The predicted octanol–water partition coefficient (Wildman–Crippen LogP) is 4.24. The molecule has 4 atom stereocenters. The molecule has 2 aliphatic rings. The summed E-state index contributed by atoms with van der Waals surface area (Å²) in [5.41, 5.74) is 1.11. The van der Waals surface area contributed by atoms with Crippen LogP contribution in [0.2, 0.25) is 0 Å². The SMILES string of the molecule is CCCN[C@@H](C(=O)N1CCN(C)CC1)[C@@H](C)c1ccc(NC(=O)[C@@H](NC(=O)c2ccnn2CC)[C@@H](C)C2CCCCC2)c(F)c1. The van der Waals surface area contributed by atoms with E-state index in [4.69, 9.17) is 0 Å². The van der Waals surface area contributed by atoms with Crippen LogP contribution in [-0.2, 0) is 16.1 Å². The molecule has 0 unspecified atom stereocenters. The summed E-state index contributed by atoms with van der Waals surface area (Å²) >= 11 is 0. The van der Waals surface area contributed by atoms with E-state index in [-0.39, 0.29) is 35.3 Å². The zero-order chi connectivity index (χ0) is 32.5. The van der Waals surface area contributed by atoms with Gasteiger partial charge in [0.05, 0.1) is 11.7 Å². The molecule has 0 bridgehead atoms. The largest absolute Gasteiger partial charge is 0.339 e. The summed E-state index contributed by atoms with van der Waals surface area (Å²) in [5.74, 6) is -1.52. The van der Waals surface area contributed by atoms with Crippen molar-refractivity contribution in [2.75, 3.05) is 45.1 Å². The maximum Gasteiger partial charge on any atom is 0.270 e. The lowest BCUT2D eigenvalue weighted by Gasteiger charge is -2.36. The molecular weight excluding hydrogens is 573 g/mol. The minimum Gasteiger partial charge on any atom is -0.339 e. The lowest BCUT2D eigenvalue weighted by molar-refractivity contribution is -0.135. The molecule has 0 spiro atoms. The molecule has 2 heterocycles. The molecule has 1 aromatic heterocycles. The maximum atomic E-state index is 15.7. The highest BCUT2D eigenvalue weighted by molar-refractivity contribution is 6.00. The summed E-state index contributed by atoms with van der Waals surface area (Å²) in [4.78, 5) is 44.7. The third-order valence-electron chi connectivity index (χ3n) is 9.71. The van der Waals surface area contributed by atoms with Crippen molar-refractivity contribution in [1.29, 1.82) is 0 Å². The summed E-state index contributed by atoms with van der Waals surface area (Å²) in [7, 11) is 2.05. The fourth-order valence-corrected chi connectivity index (χ4v) is 6.68. The van der Waals surface area contributed by atoms with Crippen LogP contribution >= 0.6 is 0 Å². The zero-order valence-corrected chi connectivity index (χ0v) is 27.7. The molecule has 2 aromatic rings. The van der Waals surface area contributed by atoms with Crippen molar-refractivity contribution in [3.8, 4) is 0 Å². The highest BCUT2D eigenvalue weighted by Crippen LogP contribution is 2.32. The third kappa shape index (κ3) is 8.70. The molecular formula is C34H52FN7O3. The van der Waals surface area contributed by atoms with Gasteiger partial charge in [-0.2, -0.15) is 5.10 Å². The van der Waals surface area contributed by atoms with Crippen LogP contribution in [0.1, 0.15) is 88.2 Å². The van der Waals surface area contributed by atoms with Gasteiger partial charge in [0.2, 0.25) is 11.8 Å². The van der Waals surface area contributed by atoms with E-state index in [0.717, 1.165) is 45.2 Å². The van der Waals surface area contributed by atoms with Crippen LogP contribution in [0, 0.1) is 17.7 Å². The number of rotatable bonds is 13. The number of carbonyl (C=O) groups excluding carboxylic acids is 3. The first-order chi connectivity index (χ1) is 21.6. The Morgan fingerprint density at radius 2 is 1.71 bits per heavy atom. The molecule has 1 aliphatic carbocycles. The number of piperazine rings is 1. The molecule has 1 saturated carbocycles. The number of amides is 3. The van der Waals surface area contributed by atoms with Crippen molar-refractivity contribution in [1.82, 2.24) is 30.2 Å². The molecule has 248 valence electrons. The molecule has 1 saturated heterocycles. The van der Waals surface area contributed by atoms with Gasteiger partial charge in [-0.1, -0.05) is 58.9 Å². The van der Waals surface area contributed by atoms with E-state index in [1.807, 2.05) is 25.7 Å². The van der Waals surface area contributed by atoms with Crippen LogP contribution in [-0.4, -0.2) is 89.2 Å². The van der Waals surface area contributed by atoms with Gasteiger partial charge in [-0.25, -0.2) is 4.39 Å². The van der Waals surface area contributed by atoms with Gasteiger partial charge in [0, 0.05) is 44.8 Å². The van der Waals surface area contributed by atoms with Gasteiger partial charge >= 0.3 is 0 Å². The monoisotopic (exact) mass is 625 g/mol. The lowest BCUT2D eigenvalue weighted by atomic mass is 9.77. The summed E-state index contributed by atoms with van der Waals surface area (Å²) in [6.45, 7) is 12.1. The molecule has 1 aromatic carbocycles. The number of aromatic nitrogens is 2. The zero-order valence-electron chi connectivity index (χ0n) is 27.7. The van der Waals surface area contributed by atoms with Crippen molar-refractivity contribution in [3.05, 3.63) is 47.5 Å². The summed E-state index contributed by atoms with van der Waals surface area (Å²) in [6.07, 6.45) is 7.80. The fourth-order valence-electron chi connectivity index (χ4n) is 6.68. The Morgan fingerprint density at radius 1 is 1.00 bits per heavy atom. The lowest BCUT2D eigenvalue weighted by Crippen LogP contribution is -2.54. The summed E-state index contributed by atoms with van der Waals surface area (Å²) in [5, 5.41) is 13.3. The summed E-state index contributed by atoms with van der Waals surface area (Å²) in [6, 6.07) is 5.06. The quantitative estimate of drug-likeness (QED) is 0.307. The van der Waals surface area contributed by atoms with Gasteiger partial charge in [0.25, 0.3) is 5.91 Å². The van der Waals surface area contributed by atoms with E-state index >= 15 is 4.39 Å². The third-order valence-corrected chi connectivity index (χ3v) is 9.71. The van der Waals surface area contributed by atoms with Gasteiger partial charge in [0.1, 0.15) is 17.6 Å². The summed E-state index contributed by atoms with van der Waals surface area (Å²) < 4.78 is 17.2. The second kappa shape index (κ2) is 16.3. The number of hydrogen-bond donors (Lipinski definition) is 3. The fraction of sp³-hybridized carbons (Fsp3) is 0.647. The van der Waals surface area contributed by atoms with Crippen molar-refractivity contribution in [3.63, 3.8) is 0 Å². The topological polar surface area (TPSA) is 112 Å². The van der Waals surface area contributed by atoms with Crippen molar-refractivity contribution < 1.29 is 18.8 Å². The first-order valence-corrected chi connectivity index (χ1v) is 16.8. The molecule has 3 amide bonds. The number of halogens is 1. The van der Waals surface area contributed by atoms with Crippen LogP contribution in [0.3, 0.4) is 0 Å². The number of aryl methyl sites for hydroxylation is 1. The Hall–Kier alpha value is -3.31.